The zero-order valence-electron chi connectivity index (χ0n) is 15.4. The van der Waals surface area contributed by atoms with Crippen LogP contribution < -0.4 is 10.1 Å². The molecule has 134 valence electrons. The minimum absolute atomic E-state index is 0.0893. The summed E-state index contributed by atoms with van der Waals surface area (Å²) in [6, 6.07) is 18.1. The van der Waals surface area contributed by atoms with Crippen LogP contribution in [0.5, 0.6) is 5.75 Å². The SMILES string of the molecule is C[C@H](Oc1ccc(C(C)(C)C)cc1)C(=O)NCCSc1ccccc1. The zero-order valence-corrected chi connectivity index (χ0v) is 16.2. The van der Waals surface area contributed by atoms with E-state index in [1.165, 1.54) is 10.5 Å². The van der Waals surface area contributed by atoms with E-state index in [9.17, 15) is 4.79 Å². The Morgan fingerprint density at radius 2 is 1.72 bits per heavy atom. The first-order valence-corrected chi connectivity index (χ1v) is 9.57. The fourth-order valence-corrected chi connectivity index (χ4v) is 3.08. The molecule has 0 radical (unpaired) electrons. The Morgan fingerprint density at radius 3 is 2.32 bits per heavy atom. The monoisotopic (exact) mass is 357 g/mol. The summed E-state index contributed by atoms with van der Waals surface area (Å²) in [6.45, 7) is 8.91. The topological polar surface area (TPSA) is 38.3 Å². The van der Waals surface area contributed by atoms with E-state index < -0.39 is 6.10 Å². The molecule has 1 N–H and O–H groups in total. The highest BCUT2D eigenvalue weighted by molar-refractivity contribution is 7.99. The summed E-state index contributed by atoms with van der Waals surface area (Å²) >= 11 is 1.73. The third kappa shape index (κ3) is 6.46. The summed E-state index contributed by atoms with van der Waals surface area (Å²) < 4.78 is 5.74. The van der Waals surface area contributed by atoms with Crippen molar-refractivity contribution < 1.29 is 9.53 Å². The molecule has 4 heteroatoms. The van der Waals surface area contributed by atoms with Gasteiger partial charge in [0.05, 0.1) is 0 Å². The Hall–Kier alpha value is -1.94. The molecular formula is C21H27NO2S. The molecule has 2 rings (SSSR count). The van der Waals surface area contributed by atoms with Gasteiger partial charge in [-0.05, 0) is 42.2 Å². The van der Waals surface area contributed by atoms with Crippen molar-refractivity contribution >= 4 is 17.7 Å². The third-order valence-corrected chi connectivity index (χ3v) is 4.83. The van der Waals surface area contributed by atoms with Gasteiger partial charge in [0.15, 0.2) is 6.10 Å². The highest BCUT2D eigenvalue weighted by atomic mass is 32.2. The summed E-state index contributed by atoms with van der Waals surface area (Å²) in [5, 5.41) is 2.92. The van der Waals surface area contributed by atoms with E-state index in [1.807, 2.05) is 30.3 Å². The maximum absolute atomic E-state index is 12.1. The van der Waals surface area contributed by atoms with Gasteiger partial charge in [0.25, 0.3) is 5.91 Å². The smallest absolute Gasteiger partial charge is 0.260 e. The lowest BCUT2D eigenvalue weighted by Crippen LogP contribution is -2.37. The molecule has 2 aromatic carbocycles. The van der Waals surface area contributed by atoms with Gasteiger partial charge in [-0.2, -0.15) is 0 Å². The van der Waals surface area contributed by atoms with Crippen molar-refractivity contribution in [3.8, 4) is 5.75 Å². The van der Waals surface area contributed by atoms with Gasteiger partial charge in [-0.3, -0.25) is 4.79 Å². The van der Waals surface area contributed by atoms with Crippen molar-refractivity contribution in [1.82, 2.24) is 5.32 Å². The van der Waals surface area contributed by atoms with Crippen LogP contribution in [0.4, 0.5) is 0 Å². The van der Waals surface area contributed by atoms with Gasteiger partial charge in [-0.1, -0.05) is 51.1 Å². The molecule has 3 nitrogen and oxygen atoms in total. The van der Waals surface area contributed by atoms with Gasteiger partial charge < -0.3 is 10.1 Å². The van der Waals surface area contributed by atoms with Gasteiger partial charge >= 0.3 is 0 Å². The van der Waals surface area contributed by atoms with Crippen molar-refractivity contribution in [3.63, 3.8) is 0 Å². The maximum Gasteiger partial charge on any atom is 0.260 e. The van der Waals surface area contributed by atoms with Crippen LogP contribution in [-0.4, -0.2) is 24.3 Å². The van der Waals surface area contributed by atoms with Crippen LogP contribution in [0.15, 0.2) is 59.5 Å². The lowest BCUT2D eigenvalue weighted by Gasteiger charge is -2.20. The third-order valence-electron chi connectivity index (χ3n) is 3.82. The Morgan fingerprint density at radius 1 is 1.08 bits per heavy atom. The van der Waals surface area contributed by atoms with Crippen LogP contribution in [0.2, 0.25) is 0 Å². The van der Waals surface area contributed by atoms with Crippen molar-refractivity contribution in [2.24, 2.45) is 0 Å². The number of carbonyl (C=O) groups excluding carboxylic acids is 1. The van der Waals surface area contributed by atoms with Crippen molar-refractivity contribution in [2.75, 3.05) is 12.3 Å². The molecule has 0 saturated heterocycles. The van der Waals surface area contributed by atoms with Gasteiger partial charge in [-0.15, -0.1) is 11.8 Å². The number of thioether (sulfide) groups is 1. The second kappa shape index (κ2) is 8.95. The molecule has 0 unspecified atom stereocenters. The second-order valence-electron chi connectivity index (χ2n) is 6.99. The van der Waals surface area contributed by atoms with Crippen molar-refractivity contribution in [3.05, 3.63) is 60.2 Å². The van der Waals surface area contributed by atoms with Crippen LogP contribution in [0.1, 0.15) is 33.3 Å². The lowest BCUT2D eigenvalue weighted by atomic mass is 9.87. The minimum atomic E-state index is -0.512. The van der Waals surface area contributed by atoms with E-state index in [4.69, 9.17) is 4.74 Å². The summed E-state index contributed by atoms with van der Waals surface area (Å²) in [6.07, 6.45) is -0.512. The predicted octanol–water partition coefficient (Wildman–Crippen LogP) is 4.66. The Balaban J connectivity index is 1.74. The fraction of sp³-hybridized carbons (Fsp3) is 0.381. The number of hydrogen-bond donors (Lipinski definition) is 1. The van der Waals surface area contributed by atoms with Crippen molar-refractivity contribution in [2.45, 2.75) is 44.1 Å². The first kappa shape index (κ1) is 19.4. The molecule has 25 heavy (non-hydrogen) atoms. The molecule has 2 aromatic rings. The van der Waals surface area contributed by atoms with Crippen LogP contribution in [0, 0.1) is 0 Å². The van der Waals surface area contributed by atoms with E-state index in [2.05, 4.69) is 50.4 Å². The summed E-state index contributed by atoms with van der Waals surface area (Å²) in [7, 11) is 0. The molecule has 0 heterocycles. The lowest BCUT2D eigenvalue weighted by molar-refractivity contribution is -0.127. The highest BCUT2D eigenvalue weighted by Gasteiger charge is 2.16. The fourth-order valence-electron chi connectivity index (χ4n) is 2.29. The molecule has 0 aromatic heterocycles. The standard InChI is InChI=1S/C21H27NO2S/c1-16(24-18-12-10-17(11-13-18)21(2,3)4)20(23)22-14-15-25-19-8-6-5-7-9-19/h5-13,16H,14-15H2,1-4H3,(H,22,23)/t16-/m0/s1. The number of ether oxygens (including phenoxy) is 1. The highest BCUT2D eigenvalue weighted by Crippen LogP contribution is 2.24. The first-order valence-electron chi connectivity index (χ1n) is 8.59. The van der Waals surface area contributed by atoms with Crippen molar-refractivity contribution in [1.29, 1.82) is 0 Å². The number of rotatable bonds is 7. The van der Waals surface area contributed by atoms with E-state index >= 15 is 0 Å². The van der Waals surface area contributed by atoms with E-state index in [0.29, 0.717) is 12.3 Å². The Kier molecular flexibility index (Phi) is 6.94. The second-order valence-corrected chi connectivity index (χ2v) is 8.16. The molecule has 0 aliphatic heterocycles. The summed E-state index contributed by atoms with van der Waals surface area (Å²) in [5.74, 6) is 1.46. The van der Waals surface area contributed by atoms with Crippen LogP contribution in [-0.2, 0) is 10.2 Å². The normalized spacial score (nSPS) is 12.5. The molecule has 0 saturated carbocycles. The number of amides is 1. The average molecular weight is 358 g/mol. The number of carbonyl (C=O) groups is 1. The van der Waals surface area contributed by atoms with E-state index in [1.54, 1.807) is 18.7 Å². The van der Waals surface area contributed by atoms with E-state index in [0.717, 1.165) is 5.75 Å². The minimum Gasteiger partial charge on any atom is -0.481 e. The molecule has 0 aliphatic carbocycles. The van der Waals surface area contributed by atoms with Crippen LogP contribution in [0.3, 0.4) is 0 Å². The largest absolute Gasteiger partial charge is 0.481 e. The van der Waals surface area contributed by atoms with Crippen LogP contribution in [0.25, 0.3) is 0 Å². The maximum atomic E-state index is 12.1. The number of hydrogen-bond acceptors (Lipinski definition) is 3. The quantitative estimate of drug-likeness (QED) is 0.578. The van der Waals surface area contributed by atoms with Gasteiger partial charge in [-0.25, -0.2) is 0 Å². The molecule has 1 amide bonds. The van der Waals surface area contributed by atoms with Crippen LogP contribution >= 0.6 is 11.8 Å². The summed E-state index contributed by atoms with van der Waals surface area (Å²) in [5.41, 5.74) is 1.35. The van der Waals surface area contributed by atoms with Gasteiger partial charge in [0.1, 0.15) is 5.75 Å². The Labute approximate surface area is 155 Å². The molecule has 1 atom stereocenters. The number of nitrogens with one attached hydrogen (secondary N) is 1. The zero-order chi connectivity index (χ0) is 18.3. The molecule has 0 fully saturated rings. The molecular weight excluding hydrogens is 330 g/mol. The van der Waals surface area contributed by atoms with E-state index in [-0.39, 0.29) is 11.3 Å². The Bertz CT molecular complexity index is 663. The number of benzene rings is 2. The molecule has 0 bridgehead atoms. The summed E-state index contributed by atoms with van der Waals surface area (Å²) in [4.78, 5) is 13.3. The average Bonchev–Trinajstić information content (AvgIpc) is 2.59. The first-order chi connectivity index (χ1) is 11.9. The van der Waals surface area contributed by atoms with Gasteiger partial charge in [0.2, 0.25) is 0 Å². The van der Waals surface area contributed by atoms with Gasteiger partial charge in [0, 0.05) is 17.2 Å². The molecule has 0 aliphatic rings. The predicted molar refractivity (Wildman–Crippen MR) is 105 cm³/mol. The molecule has 0 spiro atoms.